The van der Waals surface area contributed by atoms with Crippen molar-refractivity contribution in [3.8, 4) is 0 Å². The van der Waals surface area contributed by atoms with Gasteiger partial charge in [0, 0.05) is 39.4 Å². The van der Waals surface area contributed by atoms with Crippen LogP contribution in [-0.2, 0) is 6.54 Å². The van der Waals surface area contributed by atoms with E-state index in [9.17, 15) is 0 Å². The minimum atomic E-state index is 0.461. The number of nitrogens with one attached hydrogen (secondary N) is 2. The van der Waals surface area contributed by atoms with Gasteiger partial charge in [0.15, 0.2) is 5.96 Å². The highest BCUT2D eigenvalue weighted by molar-refractivity contribution is 7.07. The van der Waals surface area contributed by atoms with Gasteiger partial charge in [-0.1, -0.05) is 19.9 Å². The first-order chi connectivity index (χ1) is 13.2. The summed E-state index contributed by atoms with van der Waals surface area (Å²) in [4.78, 5) is 11.4. The van der Waals surface area contributed by atoms with Crippen molar-refractivity contribution in [2.24, 2.45) is 10.9 Å². The highest BCUT2D eigenvalue weighted by atomic mass is 32.1. The van der Waals surface area contributed by atoms with Crippen molar-refractivity contribution in [3.05, 3.63) is 46.3 Å². The maximum absolute atomic E-state index is 4.67. The van der Waals surface area contributed by atoms with E-state index in [0.29, 0.717) is 5.92 Å². The third kappa shape index (κ3) is 5.70. The van der Waals surface area contributed by atoms with Crippen molar-refractivity contribution in [1.29, 1.82) is 0 Å². The fraction of sp³-hybridized carbons (Fsp3) is 0.524. The highest BCUT2D eigenvalue weighted by Gasteiger charge is 2.16. The van der Waals surface area contributed by atoms with Crippen molar-refractivity contribution >= 4 is 23.1 Å². The molecule has 1 saturated heterocycles. The first-order valence-corrected chi connectivity index (χ1v) is 10.8. The highest BCUT2D eigenvalue weighted by Crippen LogP contribution is 2.21. The van der Waals surface area contributed by atoms with E-state index in [0.717, 1.165) is 49.4 Å². The lowest BCUT2D eigenvalue weighted by Gasteiger charge is -2.31. The molecular weight excluding hydrogens is 354 g/mol. The summed E-state index contributed by atoms with van der Waals surface area (Å²) in [7, 11) is 1.81. The van der Waals surface area contributed by atoms with Gasteiger partial charge in [0.05, 0.1) is 0 Å². The second-order valence-electron chi connectivity index (χ2n) is 7.46. The molecule has 1 atom stereocenters. The Labute approximate surface area is 166 Å². The number of thiophene rings is 1. The van der Waals surface area contributed by atoms with Gasteiger partial charge < -0.3 is 15.5 Å². The molecule has 5 nitrogen and oxygen atoms in total. The molecule has 1 fully saturated rings. The number of piperidine rings is 1. The molecule has 27 heavy (non-hydrogen) atoms. The first-order valence-electron chi connectivity index (χ1n) is 9.82. The number of aliphatic imine (C=N–C) groups is 1. The summed E-state index contributed by atoms with van der Waals surface area (Å²) in [6.07, 6.45) is 4.50. The van der Waals surface area contributed by atoms with E-state index >= 15 is 0 Å². The van der Waals surface area contributed by atoms with E-state index in [1.807, 2.05) is 13.2 Å². The molecule has 1 aliphatic heterocycles. The molecule has 0 aromatic carbocycles. The van der Waals surface area contributed by atoms with Crippen molar-refractivity contribution in [2.45, 2.75) is 39.2 Å². The molecular formula is C21H31N5S. The predicted octanol–water partition coefficient (Wildman–Crippen LogP) is 3.85. The molecule has 146 valence electrons. The standard InChI is InChI=1S/C21H31N5S/c1-16-6-9-26(10-7-16)20-5-4-18(13-23-20)14-25-21(22-3)24-12-17(2)19-8-11-27-15-19/h4-5,8,11,13,15-17H,6-7,9-10,12,14H2,1-3H3,(H2,22,24,25). The van der Waals surface area contributed by atoms with Crippen molar-refractivity contribution in [3.63, 3.8) is 0 Å². The van der Waals surface area contributed by atoms with Crippen LogP contribution in [0, 0.1) is 5.92 Å². The first kappa shape index (κ1) is 19.7. The van der Waals surface area contributed by atoms with E-state index in [-0.39, 0.29) is 0 Å². The molecule has 3 heterocycles. The van der Waals surface area contributed by atoms with E-state index in [1.165, 1.54) is 18.4 Å². The van der Waals surface area contributed by atoms with Gasteiger partial charge in [-0.3, -0.25) is 4.99 Å². The van der Waals surface area contributed by atoms with Crippen molar-refractivity contribution < 1.29 is 0 Å². The number of aromatic nitrogens is 1. The zero-order valence-electron chi connectivity index (χ0n) is 16.6. The van der Waals surface area contributed by atoms with Crippen LogP contribution in [0.3, 0.4) is 0 Å². The third-order valence-electron chi connectivity index (χ3n) is 5.29. The summed E-state index contributed by atoms with van der Waals surface area (Å²) < 4.78 is 0. The molecule has 2 aromatic heterocycles. The topological polar surface area (TPSA) is 52.6 Å². The lowest BCUT2D eigenvalue weighted by molar-refractivity contribution is 0.436. The van der Waals surface area contributed by atoms with E-state index in [1.54, 1.807) is 11.3 Å². The van der Waals surface area contributed by atoms with Crippen LogP contribution < -0.4 is 15.5 Å². The molecule has 6 heteroatoms. The van der Waals surface area contributed by atoms with E-state index in [2.05, 4.69) is 68.3 Å². The largest absolute Gasteiger partial charge is 0.357 e. The van der Waals surface area contributed by atoms with Crippen LogP contribution >= 0.6 is 11.3 Å². The Hall–Kier alpha value is -2.08. The zero-order valence-corrected chi connectivity index (χ0v) is 17.4. The molecule has 0 saturated carbocycles. The van der Waals surface area contributed by atoms with Crippen LogP contribution in [0.25, 0.3) is 0 Å². The maximum Gasteiger partial charge on any atom is 0.191 e. The fourth-order valence-corrected chi connectivity index (χ4v) is 4.06. The Morgan fingerprint density at radius 1 is 1.30 bits per heavy atom. The molecule has 0 bridgehead atoms. The number of nitrogens with zero attached hydrogens (tertiary/aromatic N) is 3. The summed E-state index contributed by atoms with van der Waals surface area (Å²) in [5.41, 5.74) is 2.54. The molecule has 3 rings (SSSR count). The Kier molecular flexibility index (Phi) is 7.10. The number of hydrogen-bond donors (Lipinski definition) is 2. The number of pyridine rings is 1. The molecule has 2 N–H and O–H groups in total. The van der Waals surface area contributed by atoms with Gasteiger partial charge in [-0.2, -0.15) is 11.3 Å². The van der Waals surface area contributed by atoms with E-state index < -0.39 is 0 Å². The Balaban J connectivity index is 1.45. The molecule has 0 spiro atoms. The van der Waals surface area contributed by atoms with Crippen LogP contribution in [0.5, 0.6) is 0 Å². The summed E-state index contributed by atoms with van der Waals surface area (Å²) in [6, 6.07) is 6.49. The smallest absolute Gasteiger partial charge is 0.191 e. The normalized spacial score (nSPS) is 17.0. The predicted molar refractivity (Wildman–Crippen MR) is 116 cm³/mol. The lowest BCUT2D eigenvalue weighted by atomic mass is 9.99. The molecule has 2 aromatic rings. The molecule has 0 radical (unpaired) electrons. The Morgan fingerprint density at radius 3 is 2.74 bits per heavy atom. The lowest BCUT2D eigenvalue weighted by Crippen LogP contribution is -2.38. The van der Waals surface area contributed by atoms with Crippen LogP contribution in [-0.4, -0.2) is 37.6 Å². The Morgan fingerprint density at radius 2 is 2.11 bits per heavy atom. The van der Waals surface area contributed by atoms with Gasteiger partial charge >= 0.3 is 0 Å². The molecule has 1 aliphatic rings. The molecule has 0 aliphatic carbocycles. The van der Waals surface area contributed by atoms with Crippen molar-refractivity contribution in [2.75, 3.05) is 31.6 Å². The summed E-state index contributed by atoms with van der Waals surface area (Å²) in [6.45, 7) is 8.38. The average Bonchev–Trinajstić information content (AvgIpc) is 3.24. The van der Waals surface area contributed by atoms with Crippen LogP contribution in [0.4, 0.5) is 5.82 Å². The number of hydrogen-bond acceptors (Lipinski definition) is 4. The Bertz CT molecular complexity index is 703. The van der Waals surface area contributed by atoms with E-state index in [4.69, 9.17) is 0 Å². The minimum absolute atomic E-state index is 0.461. The molecule has 1 unspecified atom stereocenters. The number of rotatable bonds is 6. The average molecular weight is 386 g/mol. The number of guanidine groups is 1. The van der Waals surface area contributed by atoms with Gasteiger partial charge in [0.25, 0.3) is 0 Å². The third-order valence-corrected chi connectivity index (χ3v) is 5.99. The monoisotopic (exact) mass is 385 g/mol. The van der Waals surface area contributed by atoms with Crippen LogP contribution in [0.15, 0.2) is 40.1 Å². The van der Waals surface area contributed by atoms with Crippen molar-refractivity contribution in [1.82, 2.24) is 15.6 Å². The van der Waals surface area contributed by atoms with Crippen LogP contribution in [0.1, 0.15) is 43.7 Å². The van der Waals surface area contributed by atoms with Gasteiger partial charge in [0.2, 0.25) is 0 Å². The number of anilines is 1. The SMILES string of the molecule is CN=C(NCc1ccc(N2CCC(C)CC2)nc1)NCC(C)c1ccsc1. The second kappa shape index (κ2) is 9.74. The second-order valence-corrected chi connectivity index (χ2v) is 8.24. The zero-order chi connectivity index (χ0) is 19.1. The van der Waals surface area contributed by atoms with Gasteiger partial charge in [-0.05, 0) is 58.7 Å². The summed E-state index contributed by atoms with van der Waals surface area (Å²) >= 11 is 1.74. The van der Waals surface area contributed by atoms with Crippen LogP contribution in [0.2, 0.25) is 0 Å². The fourth-order valence-electron chi connectivity index (χ4n) is 3.28. The summed E-state index contributed by atoms with van der Waals surface area (Å²) in [5.74, 6) is 3.22. The van der Waals surface area contributed by atoms with Gasteiger partial charge in [-0.25, -0.2) is 4.98 Å². The summed E-state index contributed by atoms with van der Waals surface area (Å²) in [5, 5.41) is 11.1. The maximum atomic E-state index is 4.67. The van der Waals surface area contributed by atoms with Gasteiger partial charge in [-0.15, -0.1) is 0 Å². The molecule has 0 amide bonds. The minimum Gasteiger partial charge on any atom is -0.357 e. The van der Waals surface area contributed by atoms with Gasteiger partial charge in [0.1, 0.15) is 5.82 Å². The quantitative estimate of drug-likeness (QED) is 0.586.